The number of carbonyl (C=O) groups is 1. The van der Waals surface area contributed by atoms with E-state index in [1.54, 1.807) is 24.1 Å². The lowest BCUT2D eigenvalue weighted by molar-refractivity contribution is -0.126. The van der Waals surface area contributed by atoms with Crippen molar-refractivity contribution >= 4 is 5.91 Å². The maximum Gasteiger partial charge on any atom is 0.249 e. The fraction of sp³-hybridized carbons (Fsp3) is 0.357. The zero-order valence-electron chi connectivity index (χ0n) is 10.7. The average Bonchev–Trinajstić information content (AvgIpc) is 2.28. The molecule has 1 heterocycles. The Balaban J connectivity index is 2.01. The molecule has 0 aliphatic carbocycles. The molecule has 0 bridgehead atoms. The van der Waals surface area contributed by atoms with Crippen molar-refractivity contribution in [1.29, 1.82) is 0 Å². The summed E-state index contributed by atoms with van der Waals surface area (Å²) in [6, 6.07) is 6.22. The first-order chi connectivity index (χ1) is 8.58. The van der Waals surface area contributed by atoms with E-state index in [-0.39, 0.29) is 11.7 Å². The maximum absolute atomic E-state index is 12.8. The monoisotopic (exact) mass is 248 g/mol. The van der Waals surface area contributed by atoms with Crippen molar-refractivity contribution in [1.82, 2.24) is 10.2 Å². The molecular weight excluding hydrogens is 231 g/mol. The summed E-state index contributed by atoms with van der Waals surface area (Å²) in [6.07, 6.45) is 0. The number of rotatable bonds is 3. The highest BCUT2D eigenvalue weighted by Crippen LogP contribution is 2.13. The van der Waals surface area contributed by atoms with Gasteiger partial charge < -0.3 is 10.2 Å². The van der Waals surface area contributed by atoms with Crippen LogP contribution in [0.25, 0.3) is 0 Å². The topological polar surface area (TPSA) is 32.3 Å². The fourth-order valence-corrected chi connectivity index (χ4v) is 1.89. The predicted molar refractivity (Wildman–Crippen MR) is 68.4 cm³/mol. The molecule has 96 valence electrons. The van der Waals surface area contributed by atoms with Crippen LogP contribution in [-0.4, -0.2) is 30.9 Å². The Labute approximate surface area is 106 Å². The van der Waals surface area contributed by atoms with Crippen LogP contribution >= 0.6 is 0 Å². The van der Waals surface area contributed by atoms with E-state index >= 15 is 0 Å². The number of halogens is 1. The second-order valence-electron chi connectivity index (χ2n) is 4.62. The molecule has 3 nitrogen and oxygen atoms in total. The van der Waals surface area contributed by atoms with Crippen LogP contribution in [0.15, 0.2) is 35.4 Å². The summed E-state index contributed by atoms with van der Waals surface area (Å²) in [7, 11) is 1.77. The molecule has 0 radical (unpaired) electrons. The summed E-state index contributed by atoms with van der Waals surface area (Å²) in [5, 5.41) is 3.12. The van der Waals surface area contributed by atoms with Gasteiger partial charge >= 0.3 is 0 Å². The van der Waals surface area contributed by atoms with Crippen LogP contribution < -0.4 is 5.32 Å². The summed E-state index contributed by atoms with van der Waals surface area (Å²) in [5.41, 5.74) is 2.92. The third kappa shape index (κ3) is 2.76. The molecule has 1 aliphatic heterocycles. The normalized spacial score (nSPS) is 14.1. The molecule has 1 aliphatic rings. The van der Waals surface area contributed by atoms with Gasteiger partial charge in [0, 0.05) is 32.3 Å². The maximum atomic E-state index is 12.8. The smallest absolute Gasteiger partial charge is 0.249 e. The molecule has 1 fully saturated rings. The van der Waals surface area contributed by atoms with Gasteiger partial charge in [0.15, 0.2) is 0 Å². The number of carbonyl (C=O) groups excluding carboxylic acids is 1. The zero-order valence-corrected chi connectivity index (χ0v) is 10.7. The van der Waals surface area contributed by atoms with Gasteiger partial charge in [0.2, 0.25) is 5.91 Å². The van der Waals surface area contributed by atoms with Crippen LogP contribution in [-0.2, 0) is 11.3 Å². The molecule has 1 saturated heterocycles. The number of nitrogens with one attached hydrogen (secondary N) is 1. The van der Waals surface area contributed by atoms with Crippen molar-refractivity contribution in [2.45, 2.75) is 13.5 Å². The standard InChI is InChI=1S/C14H17FN2O/c1-10(12-7-16-8-12)14(18)17(2)9-11-3-5-13(15)6-4-11/h3-6,16H,7-9H2,1-2H3. The minimum atomic E-state index is -0.258. The number of hydrogen-bond acceptors (Lipinski definition) is 2. The van der Waals surface area contributed by atoms with E-state index in [0.717, 1.165) is 24.2 Å². The second kappa shape index (κ2) is 5.31. The molecule has 1 N–H and O–H groups in total. The van der Waals surface area contributed by atoms with E-state index in [4.69, 9.17) is 0 Å². The lowest BCUT2D eigenvalue weighted by atomic mass is 10.0. The van der Waals surface area contributed by atoms with Gasteiger partial charge in [0.1, 0.15) is 5.82 Å². The Morgan fingerprint density at radius 2 is 1.94 bits per heavy atom. The molecule has 4 heteroatoms. The number of likely N-dealkylation sites (N-methyl/N-ethyl adjacent to an activating group) is 1. The number of hydrogen-bond donors (Lipinski definition) is 1. The highest BCUT2D eigenvalue weighted by atomic mass is 19.1. The van der Waals surface area contributed by atoms with Gasteiger partial charge in [-0.05, 0) is 30.2 Å². The molecule has 0 spiro atoms. The highest BCUT2D eigenvalue weighted by molar-refractivity contribution is 5.93. The highest BCUT2D eigenvalue weighted by Gasteiger charge is 2.18. The molecule has 2 rings (SSSR count). The largest absolute Gasteiger partial charge is 0.338 e. The van der Waals surface area contributed by atoms with Crippen LogP contribution in [0.1, 0.15) is 12.5 Å². The molecule has 1 amide bonds. The minimum Gasteiger partial charge on any atom is -0.338 e. The fourth-order valence-electron chi connectivity index (χ4n) is 1.89. The van der Waals surface area contributed by atoms with Crippen LogP contribution in [0, 0.1) is 5.82 Å². The lowest BCUT2D eigenvalue weighted by Crippen LogP contribution is -2.38. The van der Waals surface area contributed by atoms with Gasteiger partial charge in [-0.3, -0.25) is 4.79 Å². The second-order valence-corrected chi connectivity index (χ2v) is 4.62. The first-order valence-electron chi connectivity index (χ1n) is 5.97. The molecule has 0 atom stereocenters. The van der Waals surface area contributed by atoms with E-state index < -0.39 is 0 Å². The Bertz CT molecular complexity index is 473. The van der Waals surface area contributed by atoms with Crippen LogP contribution in [0.5, 0.6) is 0 Å². The summed E-state index contributed by atoms with van der Waals surface area (Å²) < 4.78 is 12.8. The van der Waals surface area contributed by atoms with E-state index in [1.165, 1.54) is 17.7 Å². The third-order valence-corrected chi connectivity index (χ3v) is 3.21. The number of amides is 1. The molecule has 0 saturated carbocycles. The van der Waals surface area contributed by atoms with Gasteiger partial charge in [0.25, 0.3) is 0 Å². The molecule has 0 aromatic heterocycles. The van der Waals surface area contributed by atoms with Crippen molar-refractivity contribution < 1.29 is 9.18 Å². The van der Waals surface area contributed by atoms with Gasteiger partial charge in [0.05, 0.1) is 0 Å². The van der Waals surface area contributed by atoms with Crippen LogP contribution in [0.4, 0.5) is 4.39 Å². The van der Waals surface area contributed by atoms with Gasteiger partial charge in [-0.15, -0.1) is 0 Å². The summed E-state index contributed by atoms with van der Waals surface area (Å²) in [4.78, 5) is 13.8. The number of nitrogens with zero attached hydrogens (tertiary/aromatic N) is 1. The summed E-state index contributed by atoms with van der Waals surface area (Å²) >= 11 is 0. The SMILES string of the molecule is CC(C(=O)N(C)Cc1ccc(F)cc1)=C1CNC1. The first kappa shape index (κ1) is 12.8. The lowest BCUT2D eigenvalue weighted by Gasteiger charge is -2.24. The number of benzene rings is 1. The van der Waals surface area contributed by atoms with Crippen molar-refractivity contribution in [2.75, 3.05) is 20.1 Å². The van der Waals surface area contributed by atoms with Crippen molar-refractivity contribution in [2.24, 2.45) is 0 Å². The molecule has 1 aromatic carbocycles. The van der Waals surface area contributed by atoms with Gasteiger partial charge in [-0.25, -0.2) is 4.39 Å². The van der Waals surface area contributed by atoms with Crippen LogP contribution in [0.2, 0.25) is 0 Å². The quantitative estimate of drug-likeness (QED) is 0.826. The minimum absolute atomic E-state index is 0.0378. The Hall–Kier alpha value is -1.68. The van der Waals surface area contributed by atoms with E-state index in [0.29, 0.717) is 6.54 Å². The van der Waals surface area contributed by atoms with Crippen molar-refractivity contribution in [3.63, 3.8) is 0 Å². The first-order valence-corrected chi connectivity index (χ1v) is 5.97. The molecule has 18 heavy (non-hydrogen) atoms. The molecule has 1 aromatic rings. The third-order valence-electron chi connectivity index (χ3n) is 3.21. The van der Waals surface area contributed by atoms with Gasteiger partial charge in [-0.2, -0.15) is 0 Å². The zero-order chi connectivity index (χ0) is 13.1. The summed E-state index contributed by atoms with van der Waals surface area (Å²) in [5.74, 6) is -0.220. The van der Waals surface area contributed by atoms with Gasteiger partial charge in [-0.1, -0.05) is 12.1 Å². The Morgan fingerprint density at radius 3 is 2.44 bits per heavy atom. The van der Waals surface area contributed by atoms with Crippen molar-refractivity contribution in [3.05, 3.63) is 46.8 Å². The molecular formula is C14H17FN2O. The molecule has 0 unspecified atom stereocenters. The van der Waals surface area contributed by atoms with E-state index in [9.17, 15) is 9.18 Å². The average molecular weight is 248 g/mol. The Morgan fingerprint density at radius 1 is 1.33 bits per heavy atom. The van der Waals surface area contributed by atoms with Crippen LogP contribution in [0.3, 0.4) is 0 Å². The Kier molecular flexibility index (Phi) is 3.77. The van der Waals surface area contributed by atoms with E-state index in [2.05, 4.69) is 5.32 Å². The van der Waals surface area contributed by atoms with Crippen molar-refractivity contribution in [3.8, 4) is 0 Å². The summed E-state index contributed by atoms with van der Waals surface area (Å²) in [6.45, 7) is 3.97. The predicted octanol–water partition coefficient (Wildman–Crippen LogP) is 1.70. The van der Waals surface area contributed by atoms with E-state index in [1.807, 2.05) is 6.92 Å².